The van der Waals surface area contributed by atoms with Gasteiger partial charge in [0.2, 0.25) is 0 Å². The molecule has 6 heteroatoms. The molecule has 0 aliphatic heterocycles. The summed E-state index contributed by atoms with van der Waals surface area (Å²) in [7, 11) is 0. The summed E-state index contributed by atoms with van der Waals surface area (Å²) in [6.45, 7) is 0. The monoisotopic (exact) mass is 229 g/mol. The lowest BCUT2D eigenvalue weighted by Gasteiger charge is -1.99. The SMILES string of the molecule is Nc1nnc(-c2cccc(Cl)c2Cl)o1. The molecule has 0 aliphatic rings. The molecule has 1 aromatic carbocycles. The lowest BCUT2D eigenvalue weighted by atomic mass is 10.2. The highest BCUT2D eigenvalue weighted by Crippen LogP contribution is 2.32. The number of benzene rings is 1. The van der Waals surface area contributed by atoms with E-state index in [1.165, 1.54) is 0 Å². The van der Waals surface area contributed by atoms with Gasteiger partial charge in [0.25, 0.3) is 5.89 Å². The summed E-state index contributed by atoms with van der Waals surface area (Å²) in [5, 5.41) is 8.03. The Kier molecular flexibility index (Phi) is 2.31. The third-order valence-electron chi connectivity index (χ3n) is 1.62. The minimum atomic E-state index is -0.00366. The van der Waals surface area contributed by atoms with Gasteiger partial charge in [0.1, 0.15) is 0 Å². The van der Waals surface area contributed by atoms with Gasteiger partial charge in [-0.1, -0.05) is 34.4 Å². The first kappa shape index (κ1) is 9.30. The van der Waals surface area contributed by atoms with E-state index in [0.29, 0.717) is 15.6 Å². The summed E-state index contributed by atoms with van der Waals surface area (Å²) in [5.41, 5.74) is 5.86. The van der Waals surface area contributed by atoms with E-state index in [1.54, 1.807) is 18.2 Å². The van der Waals surface area contributed by atoms with Crippen LogP contribution in [-0.4, -0.2) is 10.2 Å². The molecule has 2 aromatic rings. The summed E-state index contributed by atoms with van der Waals surface area (Å²) in [6, 6.07) is 5.13. The van der Waals surface area contributed by atoms with E-state index in [0.717, 1.165) is 0 Å². The van der Waals surface area contributed by atoms with Crippen molar-refractivity contribution < 1.29 is 4.42 Å². The van der Waals surface area contributed by atoms with Crippen LogP contribution in [0.25, 0.3) is 11.5 Å². The van der Waals surface area contributed by atoms with Gasteiger partial charge in [0.05, 0.1) is 15.6 Å². The third kappa shape index (κ3) is 1.54. The van der Waals surface area contributed by atoms with Crippen molar-refractivity contribution >= 4 is 29.2 Å². The van der Waals surface area contributed by atoms with Crippen LogP contribution in [0.15, 0.2) is 22.6 Å². The predicted octanol–water partition coefficient (Wildman–Crippen LogP) is 2.63. The predicted molar refractivity (Wildman–Crippen MR) is 54.2 cm³/mol. The van der Waals surface area contributed by atoms with Crippen molar-refractivity contribution in [3.8, 4) is 11.5 Å². The summed E-state index contributed by atoms with van der Waals surface area (Å²) in [4.78, 5) is 0. The van der Waals surface area contributed by atoms with Crippen molar-refractivity contribution in [3.05, 3.63) is 28.2 Å². The number of hydrogen-bond donors (Lipinski definition) is 1. The van der Waals surface area contributed by atoms with Gasteiger partial charge in [-0.15, -0.1) is 5.10 Å². The normalized spacial score (nSPS) is 10.4. The Balaban J connectivity index is 2.57. The van der Waals surface area contributed by atoms with Crippen LogP contribution in [0.2, 0.25) is 10.0 Å². The fourth-order valence-electron chi connectivity index (χ4n) is 1.01. The quantitative estimate of drug-likeness (QED) is 0.817. The Morgan fingerprint density at radius 1 is 1.21 bits per heavy atom. The summed E-state index contributed by atoms with van der Waals surface area (Å²) in [6.07, 6.45) is 0. The Hall–Kier alpha value is -1.26. The molecule has 0 atom stereocenters. The van der Waals surface area contributed by atoms with Gasteiger partial charge >= 0.3 is 6.01 Å². The Morgan fingerprint density at radius 2 is 2.00 bits per heavy atom. The molecule has 0 radical (unpaired) electrons. The van der Waals surface area contributed by atoms with Gasteiger partial charge in [-0.25, -0.2) is 0 Å². The van der Waals surface area contributed by atoms with Crippen LogP contribution in [0.1, 0.15) is 0 Å². The molecule has 0 amide bonds. The van der Waals surface area contributed by atoms with Gasteiger partial charge in [-0.05, 0) is 12.1 Å². The number of hydrogen-bond acceptors (Lipinski definition) is 4. The van der Waals surface area contributed by atoms with Crippen molar-refractivity contribution in [2.75, 3.05) is 5.73 Å². The lowest BCUT2D eigenvalue weighted by molar-refractivity contribution is 0.590. The molecule has 72 valence electrons. The molecule has 1 aromatic heterocycles. The van der Waals surface area contributed by atoms with Crippen LogP contribution in [0, 0.1) is 0 Å². The molecule has 1 heterocycles. The maximum atomic E-state index is 5.94. The van der Waals surface area contributed by atoms with Gasteiger partial charge in [0, 0.05) is 0 Å². The molecule has 0 spiro atoms. The van der Waals surface area contributed by atoms with Gasteiger partial charge < -0.3 is 10.2 Å². The van der Waals surface area contributed by atoms with E-state index in [-0.39, 0.29) is 11.9 Å². The van der Waals surface area contributed by atoms with E-state index in [2.05, 4.69) is 10.2 Å². The second-order valence-electron chi connectivity index (χ2n) is 2.55. The average Bonchev–Trinajstić information content (AvgIpc) is 2.57. The molecule has 0 unspecified atom stereocenters. The number of nitrogens with two attached hydrogens (primary N) is 1. The van der Waals surface area contributed by atoms with Crippen molar-refractivity contribution in [3.63, 3.8) is 0 Å². The zero-order chi connectivity index (χ0) is 10.1. The largest absolute Gasteiger partial charge is 0.404 e. The van der Waals surface area contributed by atoms with E-state index in [1.807, 2.05) is 0 Å². The minimum absolute atomic E-state index is 0.00366. The van der Waals surface area contributed by atoms with Crippen molar-refractivity contribution in [2.45, 2.75) is 0 Å². The smallest absolute Gasteiger partial charge is 0.313 e. The highest BCUT2D eigenvalue weighted by Gasteiger charge is 2.12. The average molecular weight is 230 g/mol. The van der Waals surface area contributed by atoms with E-state index < -0.39 is 0 Å². The zero-order valence-electron chi connectivity index (χ0n) is 6.87. The maximum Gasteiger partial charge on any atom is 0.313 e. The number of anilines is 1. The molecule has 2 rings (SSSR count). The van der Waals surface area contributed by atoms with Crippen LogP contribution >= 0.6 is 23.2 Å². The summed E-state index contributed by atoms with van der Waals surface area (Å²) < 4.78 is 5.02. The minimum Gasteiger partial charge on any atom is -0.404 e. The van der Waals surface area contributed by atoms with Gasteiger partial charge in [0.15, 0.2) is 0 Å². The molecular formula is C8H5Cl2N3O. The molecular weight excluding hydrogens is 225 g/mol. The summed E-state index contributed by atoms with van der Waals surface area (Å²) in [5.74, 6) is 0.259. The summed E-state index contributed by atoms with van der Waals surface area (Å²) >= 11 is 11.8. The topological polar surface area (TPSA) is 64.9 Å². The number of aromatic nitrogens is 2. The van der Waals surface area contributed by atoms with Crippen LogP contribution in [-0.2, 0) is 0 Å². The Morgan fingerprint density at radius 3 is 2.64 bits per heavy atom. The molecule has 0 saturated carbocycles. The highest BCUT2D eigenvalue weighted by molar-refractivity contribution is 6.43. The fourth-order valence-corrected chi connectivity index (χ4v) is 1.39. The van der Waals surface area contributed by atoms with E-state index in [9.17, 15) is 0 Å². The lowest BCUT2D eigenvalue weighted by Crippen LogP contribution is -1.81. The maximum absolute atomic E-state index is 5.94. The third-order valence-corrected chi connectivity index (χ3v) is 2.44. The molecule has 4 nitrogen and oxygen atoms in total. The van der Waals surface area contributed by atoms with Gasteiger partial charge in [-0.3, -0.25) is 0 Å². The standard InChI is InChI=1S/C8H5Cl2N3O/c9-5-3-1-2-4(6(5)10)7-12-13-8(11)14-7/h1-3H,(H2,11,13). The molecule has 0 fully saturated rings. The zero-order valence-corrected chi connectivity index (χ0v) is 8.38. The first-order chi connectivity index (χ1) is 6.68. The van der Waals surface area contributed by atoms with E-state index >= 15 is 0 Å². The fraction of sp³-hybridized carbons (Fsp3) is 0. The van der Waals surface area contributed by atoms with Crippen molar-refractivity contribution in [1.29, 1.82) is 0 Å². The van der Waals surface area contributed by atoms with Crippen LogP contribution in [0.5, 0.6) is 0 Å². The highest BCUT2D eigenvalue weighted by atomic mass is 35.5. The number of nitrogens with zero attached hydrogens (tertiary/aromatic N) is 2. The molecule has 0 bridgehead atoms. The van der Waals surface area contributed by atoms with E-state index in [4.69, 9.17) is 33.4 Å². The van der Waals surface area contributed by atoms with Crippen molar-refractivity contribution in [2.24, 2.45) is 0 Å². The second kappa shape index (κ2) is 3.48. The number of halogens is 2. The number of nitrogen functional groups attached to an aromatic ring is 1. The van der Waals surface area contributed by atoms with Crippen LogP contribution in [0.3, 0.4) is 0 Å². The Labute approximate surface area is 89.6 Å². The number of rotatable bonds is 1. The molecule has 0 aliphatic carbocycles. The molecule has 14 heavy (non-hydrogen) atoms. The molecule has 2 N–H and O–H groups in total. The molecule has 0 saturated heterocycles. The van der Waals surface area contributed by atoms with Crippen LogP contribution < -0.4 is 5.73 Å². The first-order valence-electron chi connectivity index (χ1n) is 3.72. The Bertz CT molecular complexity index is 469. The van der Waals surface area contributed by atoms with Crippen molar-refractivity contribution in [1.82, 2.24) is 10.2 Å². The van der Waals surface area contributed by atoms with Crippen LogP contribution in [0.4, 0.5) is 6.01 Å². The second-order valence-corrected chi connectivity index (χ2v) is 3.33. The first-order valence-corrected chi connectivity index (χ1v) is 4.47. The van der Waals surface area contributed by atoms with Gasteiger partial charge in [-0.2, -0.15) is 0 Å².